The van der Waals surface area contributed by atoms with Crippen LogP contribution < -0.4 is 16.0 Å². The summed E-state index contributed by atoms with van der Waals surface area (Å²) in [7, 11) is 1.69. The molecule has 1 aromatic rings. The molecule has 1 rings (SSSR count). The molecule has 108 valence electrons. The normalized spacial score (nSPS) is 13.3. The predicted octanol–water partition coefficient (Wildman–Crippen LogP) is 2.99. The molecule has 1 atom stereocenters. The Bertz CT molecular complexity index is 359. The minimum Gasteiger partial charge on any atom is -0.497 e. The number of ether oxygens (including phenoxy) is 1. The van der Waals surface area contributed by atoms with Crippen molar-refractivity contribution in [1.29, 1.82) is 0 Å². The van der Waals surface area contributed by atoms with Crippen LogP contribution in [0.2, 0.25) is 0 Å². The maximum Gasteiger partial charge on any atom is 0.118 e. The Balaban J connectivity index is 2.39. The molecule has 3 N–H and O–H groups in total. The van der Waals surface area contributed by atoms with Crippen LogP contribution in [-0.2, 0) is 6.42 Å². The average molecular weight is 282 g/mol. The molecule has 0 saturated carbocycles. The first-order valence-corrected chi connectivity index (χ1v) is 7.66. The van der Waals surface area contributed by atoms with Gasteiger partial charge >= 0.3 is 0 Å². The van der Waals surface area contributed by atoms with Crippen molar-refractivity contribution in [1.82, 2.24) is 5.43 Å². The fourth-order valence-corrected chi connectivity index (χ4v) is 2.66. The van der Waals surface area contributed by atoms with Crippen molar-refractivity contribution >= 4 is 11.8 Å². The molecule has 0 spiro atoms. The maximum absolute atomic E-state index is 5.63. The van der Waals surface area contributed by atoms with Crippen LogP contribution in [0.15, 0.2) is 24.3 Å². The first-order chi connectivity index (χ1) is 8.94. The van der Waals surface area contributed by atoms with E-state index in [1.54, 1.807) is 7.11 Å². The highest BCUT2D eigenvalue weighted by Gasteiger charge is 2.14. The van der Waals surface area contributed by atoms with E-state index in [0.29, 0.717) is 6.04 Å². The molecular weight excluding hydrogens is 256 g/mol. The van der Waals surface area contributed by atoms with Gasteiger partial charge in [-0.25, -0.2) is 0 Å². The summed E-state index contributed by atoms with van der Waals surface area (Å²) in [6.07, 6.45) is 2.08. The summed E-state index contributed by atoms with van der Waals surface area (Å²) in [5.41, 5.74) is 4.24. The van der Waals surface area contributed by atoms with Gasteiger partial charge in [0.1, 0.15) is 5.75 Å². The standard InChI is InChI=1S/C15H26N2OS/c1-15(2,3)19-11-13(17-16)8-5-12-6-9-14(18-4)10-7-12/h6-7,9-10,13,17H,5,8,11,16H2,1-4H3. The van der Waals surface area contributed by atoms with Gasteiger partial charge in [0, 0.05) is 16.5 Å². The van der Waals surface area contributed by atoms with E-state index in [2.05, 4.69) is 38.3 Å². The molecule has 0 saturated heterocycles. The summed E-state index contributed by atoms with van der Waals surface area (Å²) >= 11 is 1.94. The van der Waals surface area contributed by atoms with Gasteiger partial charge in [-0.3, -0.25) is 11.3 Å². The van der Waals surface area contributed by atoms with Crippen molar-refractivity contribution < 1.29 is 4.74 Å². The van der Waals surface area contributed by atoms with Crippen molar-refractivity contribution in [2.75, 3.05) is 12.9 Å². The summed E-state index contributed by atoms with van der Waals surface area (Å²) in [6, 6.07) is 8.59. The highest BCUT2D eigenvalue weighted by Crippen LogP contribution is 2.24. The Morgan fingerprint density at radius 2 is 1.89 bits per heavy atom. The Morgan fingerprint density at radius 3 is 2.37 bits per heavy atom. The largest absolute Gasteiger partial charge is 0.497 e. The lowest BCUT2D eigenvalue weighted by molar-refractivity contribution is 0.414. The number of benzene rings is 1. The molecule has 0 aromatic heterocycles. The second-order valence-corrected chi connectivity index (χ2v) is 7.52. The smallest absolute Gasteiger partial charge is 0.118 e. The first-order valence-electron chi connectivity index (χ1n) is 6.67. The van der Waals surface area contributed by atoms with E-state index in [-0.39, 0.29) is 4.75 Å². The number of rotatable bonds is 7. The summed E-state index contributed by atoms with van der Waals surface area (Å²) in [5.74, 6) is 7.57. The molecule has 0 radical (unpaired) electrons. The van der Waals surface area contributed by atoms with E-state index >= 15 is 0 Å². The SMILES string of the molecule is COc1ccc(CCC(CSC(C)(C)C)NN)cc1. The van der Waals surface area contributed by atoms with E-state index in [9.17, 15) is 0 Å². The van der Waals surface area contributed by atoms with Gasteiger partial charge in [0.25, 0.3) is 0 Å². The number of hydrogen-bond donors (Lipinski definition) is 2. The van der Waals surface area contributed by atoms with Gasteiger partial charge in [0.15, 0.2) is 0 Å². The van der Waals surface area contributed by atoms with E-state index in [4.69, 9.17) is 10.6 Å². The van der Waals surface area contributed by atoms with Gasteiger partial charge in [-0.1, -0.05) is 32.9 Å². The molecule has 1 aromatic carbocycles. The third-order valence-electron chi connectivity index (χ3n) is 2.89. The number of aryl methyl sites for hydroxylation is 1. The quantitative estimate of drug-likeness (QED) is 0.596. The van der Waals surface area contributed by atoms with E-state index in [1.165, 1.54) is 5.56 Å². The van der Waals surface area contributed by atoms with Crippen LogP contribution in [0.25, 0.3) is 0 Å². The van der Waals surface area contributed by atoms with Crippen LogP contribution in [0.3, 0.4) is 0 Å². The van der Waals surface area contributed by atoms with Gasteiger partial charge in [-0.05, 0) is 30.5 Å². The summed E-state index contributed by atoms with van der Waals surface area (Å²) < 4.78 is 5.44. The molecule has 0 aliphatic heterocycles. The fourth-order valence-electron chi connectivity index (χ4n) is 1.70. The minimum atomic E-state index is 0.287. The molecule has 0 aliphatic carbocycles. The van der Waals surface area contributed by atoms with Crippen LogP contribution in [-0.4, -0.2) is 23.7 Å². The molecular formula is C15H26N2OS. The van der Waals surface area contributed by atoms with Crippen LogP contribution in [0.4, 0.5) is 0 Å². The van der Waals surface area contributed by atoms with Crippen LogP contribution >= 0.6 is 11.8 Å². The second kappa shape index (κ2) is 7.78. The van der Waals surface area contributed by atoms with Crippen LogP contribution in [0.5, 0.6) is 5.75 Å². The zero-order chi connectivity index (χ0) is 14.3. The van der Waals surface area contributed by atoms with Gasteiger partial charge < -0.3 is 4.74 Å². The van der Waals surface area contributed by atoms with Gasteiger partial charge in [-0.2, -0.15) is 11.8 Å². The fraction of sp³-hybridized carbons (Fsp3) is 0.600. The predicted molar refractivity (Wildman–Crippen MR) is 84.6 cm³/mol. The van der Waals surface area contributed by atoms with Crippen molar-refractivity contribution in [3.63, 3.8) is 0 Å². The summed E-state index contributed by atoms with van der Waals surface area (Å²) in [6.45, 7) is 6.69. The van der Waals surface area contributed by atoms with E-state index < -0.39 is 0 Å². The van der Waals surface area contributed by atoms with Crippen molar-refractivity contribution in [3.8, 4) is 5.75 Å². The Kier molecular flexibility index (Phi) is 6.69. The Labute approximate surface area is 121 Å². The van der Waals surface area contributed by atoms with Gasteiger partial charge in [0.2, 0.25) is 0 Å². The molecule has 19 heavy (non-hydrogen) atoms. The number of hydrogen-bond acceptors (Lipinski definition) is 4. The molecule has 1 unspecified atom stereocenters. The molecule has 3 nitrogen and oxygen atoms in total. The zero-order valence-corrected chi connectivity index (χ0v) is 13.2. The Hall–Kier alpha value is -0.710. The van der Waals surface area contributed by atoms with Crippen molar-refractivity contribution in [3.05, 3.63) is 29.8 Å². The number of thioether (sulfide) groups is 1. The number of methoxy groups -OCH3 is 1. The highest BCUT2D eigenvalue weighted by atomic mass is 32.2. The Morgan fingerprint density at radius 1 is 1.26 bits per heavy atom. The molecule has 0 heterocycles. The lowest BCUT2D eigenvalue weighted by atomic mass is 10.1. The lowest BCUT2D eigenvalue weighted by Crippen LogP contribution is -2.38. The monoisotopic (exact) mass is 282 g/mol. The molecule has 0 fully saturated rings. The zero-order valence-electron chi connectivity index (χ0n) is 12.4. The lowest BCUT2D eigenvalue weighted by Gasteiger charge is -2.22. The van der Waals surface area contributed by atoms with Gasteiger partial charge in [-0.15, -0.1) is 0 Å². The van der Waals surface area contributed by atoms with E-state index in [0.717, 1.165) is 24.3 Å². The minimum absolute atomic E-state index is 0.287. The van der Waals surface area contributed by atoms with Gasteiger partial charge in [0.05, 0.1) is 7.11 Å². The number of hydrazine groups is 1. The maximum atomic E-state index is 5.63. The van der Waals surface area contributed by atoms with E-state index in [1.807, 2.05) is 23.9 Å². The molecule has 0 bridgehead atoms. The average Bonchev–Trinajstić information content (AvgIpc) is 2.38. The molecule has 0 amide bonds. The topological polar surface area (TPSA) is 47.3 Å². The second-order valence-electron chi connectivity index (χ2n) is 5.67. The third kappa shape index (κ3) is 6.85. The molecule has 4 heteroatoms. The molecule has 0 aliphatic rings. The first kappa shape index (κ1) is 16.3. The number of nitrogens with one attached hydrogen (secondary N) is 1. The number of nitrogens with two attached hydrogens (primary N) is 1. The summed E-state index contributed by atoms with van der Waals surface area (Å²) in [5, 5.41) is 0. The van der Waals surface area contributed by atoms with Crippen molar-refractivity contribution in [2.24, 2.45) is 5.84 Å². The van der Waals surface area contributed by atoms with Crippen LogP contribution in [0.1, 0.15) is 32.8 Å². The summed E-state index contributed by atoms with van der Waals surface area (Å²) in [4.78, 5) is 0. The third-order valence-corrected chi connectivity index (χ3v) is 4.33. The highest BCUT2D eigenvalue weighted by molar-refractivity contribution is 8.00. The van der Waals surface area contributed by atoms with Crippen molar-refractivity contribution in [2.45, 2.75) is 44.4 Å². The van der Waals surface area contributed by atoms with Crippen LogP contribution in [0, 0.1) is 0 Å².